The number of halogens is 1. The summed E-state index contributed by atoms with van der Waals surface area (Å²) < 4.78 is 17.7. The second-order valence-corrected chi connectivity index (χ2v) is 17.2. The van der Waals surface area contributed by atoms with Gasteiger partial charge in [0.15, 0.2) is 11.6 Å². The van der Waals surface area contributed by atoms with Crippen LogP contribution >= 0.6 is 15.9 Å². The van der Waals surface area contributed by atoms with Gasteiger partial charge < -0.3 is 4.90 Å². The van der Waals surface area contributed by atoms with Gasteiger partial charge in [0.2, 0.25) is 5.91 Å². The number of amides is 1. The molecule has 1 spiro atoms. The molecule has 1 saturated carbocycles. The van der Waals surface area contributed by atoms with E-state index in [2.05, 4.69) is 54.0 Å². The Labute approximate surface area is 300 Å². The first kappa shape index (κ1) is 34.4. The van der Waals surface area contributed by atoms with Gasteiger partial charge in [0.1, 0.15) is 22.7 Å². The Morgan fingerprint density at radius 1 is 1.12 bits per heavy atom. The van der Waals surface area contributed by atoms with E-state index in [1.54, 1.807) is 28.0 Å². The number of carbonyl (C=O) groups is 3. The molecule has 2 bridgehead atoms. The lowest BCUT2D eigenvalue weighted by molar-refractivity contribution is -0.139. The molecule has 2 fully saturated rings. The number of likely N-dealkylation sites (tertiary alicyclic amines) is 1. The predicted octanol–water partition coefficient (Wildman–Crippen LogP) is 5.05. The number of aromatic nitrogens is 5. The zero-order valence-electron chi connectivity index (χ0n) is 28.7. The van der Waals surface area contributed by atoms with Crippen molar-refractivity contribution < 1.29 is 18.6 Å². The largest absolute Gasteiger partial charge is 0.327 e. The molecule has 1 unspecified atom stereocenters. The summed E-state index contributed by atoms with van der Waals surface area (Å²) in [7, 11) is -0.813. The van der Waals surface area contributed by atoms with Gasteiger partial charge in [-0.05, 0) is 103 Å². The van der Waals surface area contributed by atoms with Crippen molar-refractivity contribution in [3.05, 3.63) is 81.8 Å². The monoisotopic (exact) mass is 757 g/mol. The minimum Gasteiger partial charge on any atom is -0.327 e. The molecular weight excluding hydrogens is 718 g/mol. The first-order valence-corrected chi connectivity index (χ1v) is 19.4. The molecule has 260 valence electrons. The van der Waals surface area contributed by atoms with Gasteiger partial charge in [-0.25, -0.2) is 19.3 Å². The number of rotatable bonds is 4. The summed E-state index contributed by atoms with van der Waals surface area (Å²) in [5, 5.41) is 5.32. The molecule has 4 aromatic rings. The van der Waals surface area contributed by atoms with Crippen molar-refractivity contribution in [1.29, 1.82) is 0 Å². The van der Waals surface area contributed by atoms with Crippen molar-refractivity contribution in [2.45, 2.75) is 77.3 Å². The molecule has 1 aromatic carbocycles. The Morgan fingerprint density at radius 2 is 1.88 bits per heavy atom. The fourth-order valence-corrected chi connectivity index (χ4v) is 9.37. The highest BCUT2D eigenvalue weighted by atomic mass is 79.9. The van der Waals surface area contributed by atoms with Crippen LogP contribution in [-0.2, 0) is 38.0 Å². The molecule has 1 aliphatic carbocycles. The summed E-state index contributed by atoms with van der Waals surface area (Å²) >= 11 is 3.44. The molecule has 3 aromatic heterocycles. The van der Waals surface area contributed by atoms with Crippen molar-refractivity contribution in [2.75, 3.05) is 13.6 Å². The molecule has 0 radical (unpaired) electrons. The molecule has 0 N–H and O–H groups in total. The molecule has 50 heavy (non-hydrogen) atoms. The van der Waals surface area contributed by atoms with Crippen molar-refractivity contribution in [3.63, 3.8) is 0 Å². The third kappa shape index (κ3) is 6.35. The Bertz CT molecular complexity index is 2200. The van der Waals surface area contributed by atoms with Crippen LogP contribution in [0.3, 0.4) is 0 Å². The van der Waals surface area contributed by atoms with Gasteiger partial charge in [-0.3, -0.25) is 23.3 Å². The number of piperidine rings is 1. The highest BCUT2D eigenvalue weighted by Gasteiger charge is 2.65. The highest BCUT2D eigenvalue weighted by molar-refractivity contribution is 9.10. The standard InChI is InChI=1S/C37H40BrN7O4S/c1-22-13-26(27-18-39-24(3)40-19-27)14-28-35(23(2)46)42-44(36(22)28)20-34(48)45-30-16-37(17-32(37)45)11-7-6-8-12-43(4)50(5,49)21-25-9-10-33(38)41-29(25)15-31(30)47/h7,9-11,13-14,18-19,30,32H,5-6,8,12,15-17,20-21H2,1-4H3/t30-,32+,37-,50?/m0/s1. The Hall–Kier alpha value is -4.07. The maximum atomic E-state index is 14.4. The van der Waals surface area contributed by atoms with Gasteiger partial charge in [-0.15, -0.1) is 0 Å². The number of aryl methyl sites for hydroxylation is 2. The number of ketones is 2. The maximum Gasteiger partial charge on any atom is 0.245 e. The normalized spacial score (nSPS) is 25.5. The van der Waals surface area contributed by atoms with E-state index in [1.807, 2.05) is 43.4 Å². The van der Waals surface area contributed by atoms with Gasteiger partial charge >= 0.3 is 0 Å². The van der Waals surface area contributed by atoms with Crippen molar-refractivity contribution in [3.8, 4) is 11.1 Å². The van der Waals surface area contributed by atoms with Gasteiger partial charge in [-0.2, -0.15) is 5.10 Å². The van der Waals surface area contributed by atoms with Crippen LogP contribution in [0.25, 0.3) is 22.0 Å². The second kappa shape index (κ2) is 12.9. The molecule has 1 amide bonds. The lowest BCUT2D eigenvalue weighted by atomic mass is 9.94. The summed E-state index contributed by atoms with van der Waals surface area (Å²) in [6, 6.07) is 6.77. The third-order valence-electron chi connectivity index (χ3n) is 10.4. The molecule has 3 aliphatic rings. The number of benzene rings is 1. The Morgan fingerprint density at radius 3 is 2.62 bits per heavy atom. The number of allylic oxidation sites excluding steroid dienone is 1. The number of fused-ring (bicyclic) bond motifs is 3. The molecule has 2 aliphatic heterocycles. The SMILES string of the molecule is C=S1(=O)Cc2ccc(Br)nc2CC(=O)[C@@H]2C[C@@]3(C=CCCCN1C)C[C@H]3N2C(=O)Cn1nc(C(C)=O)c2cc(-c3cnc(C)nc3)cc(C)c21. The van der Waals surface area contributed by atoms with Crippen LogP contribution in [0.4, 0.5) is 0 Å². The number of carbonyl (C=O) groups excluding carboxylic acids is 3. The highest BCUT2D eigenvalue weighted by Crippen LogP contribution is 2.61. The van der Waals surface area contributed by atoms with Crippen LogP contribution < -0.4 is 0 Å². The summed E-state index contributed by atoms with van der Waals surface area (Å²) in [4.78, 5) is 56.6. The van der Waals surface area contributed by atoms with E-state index < -0.39 is 15.7 Å². The van der Waals surface area contributed by atoms with Gasteiger partial charge in [-0.1, -0.05) is 18.2 Å². The Balaban J connectivity index is 1.24. The fourth-order valence-electron chi connectivity index (χ4n) is 7.60. The van der Waals surface area contributed by atoms with E-state index in [9.17, 15) is 18.6 Å². The summed E-state index contributed by atoms with van der Waals surface area (Å²) in [5.41, 5.74) is 4.48. The van der Waals surface area contributed by atoms with E-state index in [4.69, 9.17) is 0 Å². The van der Waals surface area contributed by atoms with Crippen molar-refractivity contribution in [1.82, 2.24) is 33.9 Å². The van der Waals surface area contributed by atoms with E-state index >= 15 is 0 Å². The first-order valence-electron chi connectivity index (χ1n) is 16.8. The zero-order valence-corrected chi connectivity index (χ0v) is 31.1. The van der Waals surface area contributed by atoms with Crippen LogP contribution in [0.1, 0.15) is 65.7 Å². The van der Waals surface area contributed by atoms with Gasteiger partial charge in [0, 0.05) is 58.0 Å². The van der Waals surface area contributed by atoms with Gasteiger partial charge in [0.25, 0.3) is 0 Å². The average Bonchev–Trinajstić information content (AvgIpc) is 3.46. The molecular formula is C37H40BrN7O4S. The fraction of sp³-hybridized carbons (Fsp3) is 0.405. The average molecular weight is 759 g/mol. The number of hydrogen-bond donors (Lipinski definition) is 0. The molecule has 7 rings (SSSR count). The lowest BCUT2D eigenvalue weighted by Gasteiger charge is -2.27. The molecule has 4 atom stereocenters. The van der Waals surface area contributed by atoms with Crippen LogP contribution in [0.2, 0.25) is 0 Å². The minimum absolute atomic E-state index is 0.00123. The smallest absolute Gasteiger partial charge is 0.245 e. The van der Waals surface area contributed by atoms with E-state index in [0.29, 0.717) is 45.6 Å². The predicted molar refractivity (Wildman–Crippen MR) is 197 cm³/mol. The number of nitrogens with zero attached hydrogens (tertiary/aromatic N) is 7. The third-order valence-corrected chi connectivity index (χ3v) is 12.9. The van der Waals surface area contributed by atoms with Crippen molar-refractivity contribution in [2.24, 2.45) is 5.41 Å². The van der Waals surface area contributed by atoms with E-state index in [1.165, 1.54) is 6.92 Å². The number of pyridine rings is 1. The molecule has 5 heterocycles. The number of Topliss-reactive ketones (excluding diaryl/α,β-unsaturated/α-hetero) is 2. The van der Waals surface area contributed by atoms with Crippen LogP contribution in [-0.4, -0.2) is 87.2 Å². The quantitative estimate of drug-likeness (QED) is 0.122. The van der Waals surface area contributed by atoms with E-state index in [0.717, 1.165) is 36.0 Å². The Kier molecular flexibility index (Phi) is 8.88. The molecule has 13 heteroatoms. The van der Waals surface area contributed by atoms with Crippen LogP contribution in [0, 0.1) is 19.3 Å². The zero-order chi connectivity index (χ0) is 35.5. The second-order valence-electron chi connectivity index (χ2n) is 13.9. The summed E-state index contributed by atoms with van der Waals surface area (Å²) in [5.74, 6) is 4.35. The molecule has 1 saturated heterocycles. The first-order chi connectivity index (χ1) is 23.8. The lowest BCUT2D eigenvalue weighted by Crippen LogP contribution is -2.45. The van der Waals surface area contributed by atoms with Gasteiger partial charge in [0.05, 0.1) is 29.4 Å². The van der Waals surface area contributed by atoms with Crippen LogP contribution in [0.5, 0.6) is 0 Å². The van der Waals surface area contributed by atoms with Crippen LogP contribution in [0.15, 0.2) is 53.4 Å². The summed E-state index contributed by atoms with van der Waals surface area (Å²) in [6.45, 7) is 5.73. The van der Waals surface area contributed by atoms with E-state index in [-0.39, 0.29) is 53.3 Å². The topological polar surface area (TPSA) is 131 Å². The minimum atomic E-state index is -2.64. The number of hydrogen-bond acceptors (Lipinski definition) is 8. The summed E-state index contributed by atoms with van der Waals surface area (Å²) in [6.07, 6.45) is 10.7. The van der Waals surface area contributed by atoms with Crippen molar-refractivity contribution >= 4 is 59.9 Å². The molecule has 11 nitrogen and oxygen atoms in total. The maximum absolute atomic E-state index is 14.4.